The average molecular weight is 367 g/mol. The zero-order chi connectivity index (χ0) is 18.8. The Hall–Kier alpha value is -3.36. The molecule has 1 N–H and O–H groups in total. The molecule has 2 aromatic heterocycles. The Balaban J connectivity index is 1.36. The number of rotatable bonds is 3. The highest BCUT2D eigenvalue weighted by atomic mass is 16.5. The average Bonchev–Trinajstić information content (AvgIpc) is 3.09. The van der Waals surface area contributed by atoms with Crippen LogP contribution in [0.15, 0.2) is 36.5 Å². The molecular weight excluding hydrogens is 346 g/mol. The van der Waals surface area contributed by atoms with Crippen LogP contribution in [0.5, 0.6) is 5.75 Å². The van der Waals surface area contributed by atoms with Crippen molar-refractivity contribution >= 4 is 23.1 Å². The largest absolute Gasteiger partial charge is 0.497 e. The van der Waals surface area contributed by atoms with Gasteiger partial charge in [0.1, 0.15) is 5.75 Å². The van der Waals surface area contributed by atoms with Crippen molar-refractivity contribution in [1.29, 1.82) is 0 Å². The molecule has 27 heavy (non-hydrogen) atoms. The first-order chi connectivity index (χ1) is 13.1. The van der Waals surface area contributed by atoms with E-state index in [1.165, 1.54) is 0 Å². The molecule has 1 aliphatic heterocycles. The number of hydrogen-bond donors (Lipinski definition) is 1. The van der Waals surface area contributed by atoms with E-state index in [0.717, 1.165) is 41.7 Å². The molecular formula is C18H21N7O2. The molecule has 140 valence electrons. The second-order valence-corrected chi connectivity index (χ2v) is 6.36. The summed E-state index contributed by atoms with van der Waals surface area (Å²) in [6.45, 7) is 4.62. The summed E-state index contributed by atoms with van der Waals surface area (Å²) < 4.78 is 6.84. The van der Waals surface area contributed by atoms with E-state index in [0.29, 0.717) is 13.1 Å². The predicted molar refractivity (Wildman–Crippen MR) is 101 cm³/mol. The van der Waals surface area contributed by atoms with Crippen LogP contribution >= 0.6 is 0 Å². The SMILES string of the molecule is COc1ccc(NC(=O)N2CCN(c3cnn4c(C)nnc4c3)CC2)cc1. The molecule has 0 radical (unpaired) electrons. The van der Waals surface area contributed by atoms with Crippen molar-refractivity contribution < 1.29 is 9.53 Å². The Kier molecular flexibility index (Phi) is 4.49. The molecule has 1 fully saturated rings. The maximum atomic E-state index is 12.5. The number of benzene rings is 1. The van der Waals surface area contributed by atoms with Crippen LogP contribution in [-0.2, 0) is 0 Å². The molecule has 9 nitrogen and oxygen atoms in total. The lowest BCUT2D eigenvalue weighted by Crippen LogP contribution is -2.50. The zero-order valence-corrected chi connectivity index (χ0v) is 15.3. The summed E-state index contributed by atoms with van der Waals surface area (Å²) in [5, 5.41) is 15.5. The number of piperazine rings is 1. The molecule has 9 heteroatoms. The molecule has 3 aromatic rings. The van der Waals surface area contributed by atoms with E-state index in [1.54, 1.807) is 11.6 Å². The van der Waals surface area contributed by atoms with E-state index in [9.17, 15) is 4.79 Å². The maximum absolute atomic E-state index is 12.5. The summed E-state index contributed by atoms with van der Waals surface area (Å²) in [7, 11) is 1.62. The number of hydrogen-bond acceptors (Lipinski definition) is 6. The van der Waals surface area contributed by atoms with Gasteiger partial charge in [0.25, 0.3) is 0 Å². The Bertz CT molecular complexity index is 946. The lowest BCUT2D eigenvalue weighted by Gasteiger charge is -2.35. The molecule has 3 heterocycles. The molecule has 1 aliphatic rings. The van der Waals surface area contributed by atoms with Crippen molar-refractivity contribution in [3.8, 4) is 5.75 Å². The molecule has 0 bridgehead atoms. The monoisotopic (exact) mass is 367 g/mol. The van der Waals surface area contributed by atoms with Crippen molar-refractivity contribution in [2.45, 2.75) is 6.92 Å². The third-order valence-corrected chi connectivity index (χ3v) is 4.68. The number of urea groups is 1. The minimum atomic E-state index is -0.0959. The van der Waals surface area contributed by atoms with Gasteiger partial charge < -0.3 is 19.9 Å². The van der Waals surface area contributed by atoms with Crippen LogP contribution in [0.1, 0.15) is 5.82 Å². The number of nitrogens with zero attached hydrogens (tertiary/aromatic N) is 6. The highest BCUT2D eigenvalue weighted by molar-refractivity contribution is 5.89. The summed E-state index contributed by atoms with van der Waals surface area (Å²) in [6.07, 6.45) is 1.82. The summed E-state index contributed by atoms with van der Waals surface area (Å²) in [6, 6.07) is 9.18. The van der Waals surface area contributed by atoms with Crippen LogP contribution < -0.4 is 15.0 Å². The standard InChI is InChI=1S/C18H21N7O2/c1-13-21-22-17-11-15(12-19-25(13)17)23-7-9-24(10-8-23)18(26)20-14-3-5-16(27-2)6-4-14/h3-6,11-12H,7-10H2,1-2H3,(H,20,26). The molecule has 0 saturated carbocycles. The number of nitrogens with one attached hydrogen (secondary N) is 1. The number of aromatic nitrogens is 4. The minimum absolute atomic E-state index is 0.0959. The minimum Gasteiger partial charge on any atom is -0.497 e. The van der Waals surface area contributed by atoms with E-state index in [1.807, 2.05) is 48.4 Å². The van der Waals surface area contributed by atoms with Crippen LogP contribution in [0, 0.1) is 6.92 Å². The van der Waals surface area contributed by atoms with Gasteiger partial charge in [-0.05, 0) is 31.2 Å². The predicted octanol–water partition coefficient (Wildman–Crippen LogP) is 1.80. The Morgan fingerprint density at radius 3 is 2.56 bits per heavy atom. The van der Waals surface area contributed by atoms with Gasteiger partial charge in [-0.25, -0.2) is 4.79 Å². The number of carbonyl (C=O) groups excluding carboxylic acids is 1. The maximum Gasteiger partial charge on any atom is 0.321 e. The normalized spacial score (nSPS) is 14.4. The number of aryl methyl sites for hydroxylation is 1. The molecule has 2 amide bonds. The van der Waals surface area contributed by atoms with E-state index >= 15 is 0 Å². The quantitative estimate of drug-likeness (QED) is 0.759. The van der Waals surface area contributed by atoms with Crippen LogP contribution in [0.2, 0.25) is 0 Å². The van der Waals surface area contributed by atoms with Crippen molar-refractivity contribution in [1.82, 2.24) is 24.7 Å². The molecule has 1 aromatic carbocycles. The van der Waals surface area contributed by atoms with Gasteiger partial charge in [0.05, 0.1) is 19.0 Å². The van der Waals surface area contributed by atoms with E-state index in [-0.39, 0.29) is 6.03 Å². The number of carbonyl (C=O) groups is 1. The molecule has 1 saturated heterocycles. The second-order valence-electron chi connectivity index (χ2n) is 6.36. The highest BCUT2D eigenvalue weighted by Gasteiger charge is 2.22. The number of anilines is 2. The third kappa shape index (κ3) is 3.48. The Labute approximate surface area is 156 Å². The lowest BCUT2D eigenvalue weighted by atomic mass is 10.3. The van der Waals surface area contributed by atoms with Crippen LogP contribution in [0.4, 0.5) is 16.2 Å². The topological polar surface area (TPSA) is 87.9 Å². The molecule has 0 spiro atoms. The van der Waals surface area contributed by atoms with Crippen LogP contribution in [-0.4, -0.2) is 64.0 Å². The molecule has 0 unspecified atom stereocenters. The fourth-order valence-electron chi connectivity index (χ4n) is 3.11. The van der Waals surface area contributed by atoms with Crippen molar-refractivity contribution in [3.05, 3.63) is 42.4 Å². The van der Waals surface area contributed by atoms with Gasteiger partial charge in [0, 0.05) is 37.9 Å². The number of methoxy groups -OCH3 is 1. The number of fused-ring (bicyclic) bond motifs is 1. The van der Waals surface area contributed by atoms with Gasteiger partial charge in [0.15, 0.2) is 11.5 Å². The van der Waals surface area contributed by atoms with Gasteiger partial charge in [-0.2, -0.15) is 9.61 Å². The Morgan fingerprint density at radius 2 is 1.85 bits per heavy atom. The van der Waals surface area contributed by atoms with Gasteiger partial charge in [-0.15, -0.1) is 10.2 Å². The van der Waals surface area contributed by atoms with Gasteiger partial charge in [-0.1, -0.05) is 0 Å². The smallest absolute Gasteiger partial charge is 0.321 e. The molecule has 4 rings (SSSR count). The van der Waals surface area contributed by atoms with E-state index < -0.39 is 0 Å². The van der Waals surface area contributed by atoms with Gasteiger partial charge in [-0.3, -0.25) is 0 Å². The summed E-state index contributed by atoms with van der Waals surface area (Å²) in [5.74, 6) is 1.52. The van der Waals surface area contributed by atoms with Gasteiger partial charge in [0.2, 0.25) is 0 Å². The summed E-state index contributed by atoms with van der Waals surface area (Å²) in [4.78, 5) is 16.5. The number of amides is 2. The van der Waals surface area contributed by atoms with E-state index in [4.69, 9.17) is 4.74 Å². The number of ether oxygens (including phenoxy) is 1. The second kappa shape index (κ2) is 7.10. The Morgan fingerprint density at radius 1 is 1.11 bits per heavy atom. The molecule has 0 atom stereocenters. The first-order valence-corrected chi connectivity index (χ1v) is 8.77. The van der Waals surface area contributed by atoms with Gasteiger partial charge >= 0.3 is 6.03 Å². The van der Waals surface area contributed by atoms with Crippen molar-refractivity contribution in [3.63, 3.8) is 0 Å². The van der Waals surface area contributed by atoms with Crippen LogP contribution in [0.3, 0.4) is 0 Å². The summed E-state index contributed by atoms with van der Waals surface area (Å²) in [5.41, 5.74) is 2.47. The van der Waals surface area contributed by atoms with E-state index in [2.05, 4.69) is 25.5 Å². The first-order valence-electron chi connectivity index (χ1n) is 8.77. The fourth-order valence-corrected chi connectivity index (χ4v) is 3.11. The summed E-state index contributed by atoms with van der Waals surface area (Å²) >= 11 is 0. The molecule has 0 aliphatic carbocycles. The van der Waals surface area contributed by atoms with Crippen LogP contribution in [0.25, 0.3) is 5.65 Å². The van der Waals surface area contributed by atoms with Crippen molar-refractivity contribution in [2.24, 2.45) is 0 Å². The first kappa shape index (κ1) is 17.1. The van der Waals surface area contributed by atoms with Crippen molar-refractivity contribution in [2.75, 3.05) is 43.5 Å². The highest BCUT2D eigenvalue weighted by Crippen LogP contribution is 2.19. The third-order valence-electron chi connectivity index (χ3n) is 4.68. The lowest BCUT2D eigenvalue weighted by molar-refractivity contribution is 0.208. The zero-order valence-electron chi connectivity index (χ0n) is 15.3. The fraction of sp³-hybridized carbons (Fsp3) is 0.333.